The van der Waals surface area contributed by atoms with Gasteiger partial charge in [0.1, 0.15) is 0 Å². The molecule has 5 heteroatoms. The molecule has 0 aliphatic rings. The molecule has 2 amide bonds. The van der Waals surface area contributed by atoms with Crippen LogP contribution in [0.3, 0.4) is 0 Å². The first-order valence-corrected chi connectivity index (χ1v) is 8.08. The summed E-state index contributed by atoms with van der Waals surface area (Å²) in [6.45, 7) is 8.53. The lowest BCUT2D eigenvalue weighted by Gasteiger charge is -2.20. The molecule has 0 aromatic heterocycles. The quantitative estimate of drug-likeness (QED) is 0.805. The average molecular weight is 319 g/mol. The summed E-state index contributed by atoms with van der Waals surface area (Å²) in [4.78, 5) is 25.5. The molecule has 0 bridgehead atoms. The van der Waals surface area contributed by atoms with E-state index in [0.717, 1.165) is 5.56 Å². The molecule has 0 radical (unpaired) electrons. The minimum atomic E-state index is -0.586. The molecule has 0 heterocycles. The summed E-state index contributed by atoms with van der Waals surface area (Å²) in [6, 6.07) is 7.65. The van der Waals surface area contributed by atoms with Crippen molar-refractivity contribution in [2.45, 2.75) is 46.2 Å². The van der Waals surface area contributed by atoms with E-state index in [1.54, 1.807) is 11.9 Å². The van der Waals surface area contributed by atoms with Crippen molar-refractivity contribution < 1.29 is 9.59 Å². The van der Waals surface area contributed by atoms with Gasteiger partial charge < -0.3 is 16.0 Å². The SMILES string of the molecule is CC(C)c1ccc(CN(C)C(=O)CNC(=O)[C@@H](N)C(C)C)cc1. The molecule has 0 saturated carbocycles. The van der Waals surface area contributed by atoms with Crippen LogP contribution in [0.4, 0.5) is 0 Å². The molecule has 0 spiro atoms. The standard InChI is InChI=1S/C18H29N3O2/c1-12(2)15-8-6-14(7-9-15)11-21(5)16(22)10-20-18(23)17(19)13(3)4/h6-9,12-13,17H,10-11,19H2,1-5H3,(H,20,23)/t17-/m0/s1. The monoisotopic (exact) mass is 319 g/mol. The Hall–Kier alpha value is -1.88. The highest BCUT2D eigenvalue weighted by molar-refractivity contribution is 5.87. The number of nitrogens with one attached hydrogen (secondary N) is 1. The second-order valence-corrected chi connectivity index (χ2v) is 6.63. The predicted octanol–water partition coefficient (Wildman–Crippen LogP) is 1.87. The van der Waals surface area contributed by atoms with Crippen LogP contribution in [0, 0.1) is 5.92 Å². The van der Waals surface area contributed by atoms with Gasteiger partial charge in [0.2, 0.25) is 11.8 Å². The zero-order valence-electron chi connectivity index (χ0n) is 14.8. The van der Waals surface area contributed by atoms with Crippen molar-refractivity contribution in [1.29, 1.82) is 0 Å². The molecular formula is C18H29N3O2. The van der Waals surface area contributed by atoms with Gasteiger partial charge in [0.15, 0.2) is 0 Å². The lowest BCUT2D eigenvalue weighted by molar-refractivity contribution is -0.132. The van der Waals surface area contributed by atoms with E-state index in [0.29, 0.717) is 12.5 Å². The molecule has 1 atom stereocenters. The summed E-state index contributed by atoms with van der Waals surface area (Å²) in [7, 11) is 1.73. The Kier molecular flexibility index (Phi) is 7.23. The predicted molar refractivity (Wildman–Crippen MR) is 92.8 cm³/mol. The number of rotatable bonds is 7. The van der Waals surface area contributed by atoms with Crippen molar-refractivity contribution in [3.05, 3.63) is 35.4 Å². The highest BCUT2D eigenvalue weighted by Crippen LogP contribution is 2.15. The first kappa shape index (κ1) is 19.2. The van der Waals surface area contributed by atoms with Crippen LogP contribution in [0.5, 0.6) is 0 Å². The first-order valence-electron chi connectivity index (χ1n) is 8.08. The van der Waals surface area contributed by atoms with Crippen LogP contribution in [-0.2, 0) is 16.1 Å². The van der Waals surface area contributed by atoms with E-state index in [9.17, 15) is 9.59 Å². The molecule has 23 heavy (non-hydrogen) atoms. The Morgan fingerprint density at radius 2 is 1.70 bits per heavy atom. The molecule has 1 aromatic carbocycles. The van der Waals surface area contributed by atoms with Crippen LogP contribution in [0.1, 0.15) is 44.7 Å². The highest BCUT2D eigenvalue weighted by Gasteiger charge is 2.18. The van der Waals surface area contributed by atoms with Gasteiger partial charge in [0.05, 0.1) is 12.6 Å². The number of likely N-dealkylation sites (N-methyl/N-ethyl adjacent to an activating group) is 1. The smallest absolute Gasteiger partial charge is 0.242 e. The van der Waals surface area contributed by atoms with Crippen LogP contribution in [0.15, 0.2) is 24.3 Å². The lowest BCUT2D eigenvalue weighted by atomic mass is 10.0. The van der Waals surface area contributed by atoms with Crippen molar-refractivity contribution in [3.63, 3.8) is 0 Å². The zero-order chi connectivity index (χ0) is 17.6. The summed E-state index contributed by atoms with van der Waals surface area (Å²) in [5, 5.41) is 2.60. The molecule has 1 rings (SSSR count). The van der Waals surface area contributed by atoms with Gasteiger partial charge in [-0.15, -0.1) is 0 Å². The summed E-state index contributed by atoms with van der Waals surface area (Å²) in [5.74, 6) is 0.108. The van der Waals surface area contributed by atoms with E-state index >= 15 is 0 Å². The van der Waals surface area contributed by atoms with Crippen LogP contribution in [0.25, 0.3) is 0 Å². The maximum atomic E-state index is 12.1. The normalized spacial score (nSPS) is 12.3. The Morgan fingerprint density at radius 1 is 1.13 bits per heavy atom. The van der Waals surface area contributed by atoms with E-state index in [4.69, 9.17) is 5.73 Å². The molecule has 0 aliphatic carbocycles. The van der Waals surface area contributed by atoms with Crippen LogP contribution in [-0.4, -0.2) is 36.3 Å². The van der Waals surface area contributed by atoms with E-state index in [1.807, 2.05) is 26.0 Å². The van der Waals surface area contributed by atoms with Crippen LogP contribution >= 0.6 is 0 Å². The number of hydrogen-bond acceptors (Lipinski definition) is 3. The largest absolute Gasteiger partial charge is 0.346 e. The molecular weight excluding hydrogens is 290 g/mol. The second-order valence-electron chi connectivity index (χ2n) is 6.63. The van der Waals surface area contributed by atoms with Crippen LogP contribution < -0.4 is 11.1 Å². The fourth-order valence-corrected chi connectivity index (χ4v) is 2.09. The molecule has 5 nitrogen and oxygen atoms in total. The van der Waals surface area contributed by atoms with Crippen LogP contribution in [0.2, 0.25) is 0 Å². The fourth-order valence-electron chi connectivity index (χ4n) is 2.09. The van der Waals surface area contributed by atoms with Gasteiger partial charge in [-0.05, 0) is 23.0 Å². The maximum absolute atomic E-state index is 12.1. The van der Waals surface area contributed by atoms with Gasteiger partial charge in [-0.2, -0.15) is 0 Å². The van der Waals surface area contributed by atoms with Gasteiger partial charge in [-0.3, -0.25) is 9.59 Å². The number of carbonyl (C=O) groups excluding carboxylic acids is 2. The van der Waals surface area contributed by atoms with Gasteiger partial charge in [-0.25, -0.2) is 0 Å². The summed E-state index contributed by atoms with van der Waals surface area (Å²) in [6.07, 6.45) is 0. The van der Waals surface area contributed by atoms with E-state index in [2.05, 4.69) is 31.3 Å². The molecule has 0 unspecified atom stereocenters. The maximum Gasteiger partial charge on any atom is 0.242 e. The molecule has 128 valence electrons. The van der Waals surface area contributed by atoms with Gasteiger partial charge >= 0.3 is 0 Å². The van der Waals surface area contributed by atoms with E-state index in [1.165, 1.54) is 5.56 Å². The Balaban J connectivity index is 2.49. The Bertz CT molecular complexity index is 524. The van der Waals surface area contributed by atoms with Crippen molar-refractivity contribution in [1.82, 2.24) is 10.2 Å². The zero-order valence-corrected chi connectivity index (χ0v) is 14.8. The average Bonchev–Trinajstić information content (AvgIpc) is 2.51. The number of nitrogens with zero attached hydrogens (tertiary/aromatic N) is 1. The van der Waals surface area contributed by atoms with Crippen molar-refractivity contribution in [2.75, 3.05) is 13.6 Å². The number of nitrogens with two attached hydrogens (primary N) is 1. The van der Waals surface area contributed by atoms with E-state index in [-0.39, 0.29) is 24.3 Å². The first-order chi connectivity index (χ1) is 10.7. The highest BCUT2D eigenvalue weighted by atomic mass is 16.2. The van der Waals surface area contributed by atoms with Gasteiger partial charge in [-0.1, -0.05) is 52.0 Å². The molecule has 1 aromatic rings. The fraction of sp³-hybridized carbons (Fsp3) is 0.556. The third-order valence-electron chi connectivity index (χ3n) is 3.93. The number of amides is 2. The third-order valence-corrected chi connectivity index (χ3v) is 3.93. The molecule has 0 saturated heterocycles. The Labute approximate surface area is 139 Å². The Morgan fingerprint density at radius 3 is 2.17 bits per heavy atom. The number of carbonyl (C=O) groups is 2. The van der Waals surface area contributed by atoms with Gasteiger partial charge in [0.25, 0.3) is 0 Å². The lowest BCUT2D eigenvalue weighted by Crippen LogP contribution is -2.47. The topological polar surface area (TPSA) is 75.4 Å². The number of benzene rings is 1. The summed E-state index contributed by atoms with van der Waals surface area (Å²) < 4.78 is 0. The molecule has 0 aliphatic heterocycles. The second kappa shape index (κ2) is 8.67. The van der Waals surface area contributed by atoms with Crippen molar-refractivity contribution in [2.24, 2.45) is 11.7 Å². The molecule has 3 N–H and O–H groups in total. The van der Waals surface area contributed by atoms with Crippen molar-refractivity contribution >= 4 is 11.8 Å². The number of hydrogen-bond donors (Lipinski definition) is 2. The summed E-state index contributed by atoms with van der Waals surface area (Å²) >= 11 is 0. The third kappa shape index (κ3) is 6.02. The van der Waals surface area contributed by atoms with Crippen molar-refractivity contribution in [3.8, 4) is 0 Å². The minimum absolute atomic E-state index is 0.0279. The van der Waals surface area contributed by atoms with Gasteiger partial charge in [0, 0.05) is 13.6 Å². The molecule has 0 fully saturated rings. The van der Waals surface area contributed by atoms with E-state index < -0.39 is 6.04 Å². The summed E-state index contributed by atoms with van der Waals surface area (Å²) in [5.41, 5.74) is 8.09. The minimum Gasteiger partial charge on any atom is -0.346 e.